The number of carbonyl (C=O) groups excluding carboxylic acids is 1. The van der Waals surface area contributed by atoms with E-state index in [0.717, 1.165) is 23.0 Å². The van der Waals surface area contributed by atoms with Crippen molar-refractivity contribution in [1.29, 1.82) is 0 Å². The van der Waals surface area contributed by atoms with Gasteiger partial charge in [0.1, 0.15) is 10.5 Å². The number of hydrogen-bond acceptors (Lipinski definition) is 4. The molecule has 0 atom stereocenters. The Morgan fingerprint density at radius 1 is 1.27 bits per heavy atom. The van der Waals surface area contributed by atoms with Gasteiger partial charge in [-0.1, -0.05) is 12.1 Å². The van der Waals surface area contributed by atoms with Crippen LogP contribution >= 0.6 is 11.3 Å². The molecule has 4 nitrogen and oxygen atoms in total. The first-order valence-corrected chi connectivity index (χ1v) is 8.48. The van der Waals surface area contributed by atoms with Gasteiger partial charge in [-0.15, -0.1) is 11.3 Å². The highest BCUT2D eigenvalue weighted by Gasteiger charge is 2.33. The molecule has 0 bridgehead atoms. The third-order valence-corrected chi connectivity index (χ3v) is 5.00. The van der Waals surface area contributed by atoms with E-state index in [2.05, 4.69) is 10.3 Å². The van der Waals surface area contributed by atoms with Crippen LogP contribution in [0.25, 0.3) is 10.2 Å². The monoisotopic (exact) mass is 380 g/mol. The number of halogens is 3. The van der Waals surface area contributed by atoms with Crippen LogP contribution in [0.2, 0.25) is 0 Å². The van der Waals surface area contributed by atoms with Gasteiger partial charge in [0.15, 0.2) is 0 Å². The number of benzene rings is 1. The summed E-state index contributed by atoms with van der Waals surface area (Å²) in [5.41, 5.74) is 1.13. The van der Waals surface area contributed by atoms with Crippen molar-refractivity contribution in [3.63, 3.8) is 0 Å². The highest BCUT2D eigenvalue weighted by molar-refractivity contribution is 7.20. The number of nitrogens with one attached hydrogen (secondary N) is 1. The summed E-state index contributed by atoms with van der Waals surface area (Å²) in [6.45, 7) is 2.11. The van der Waals surface area contributed by atoms with Crippen molar-refractivity contribution in [3.8, 4) is 0 Å². The van der Waals surface area contributed by atoms with Gasteiger partial charge in [0.2, 0.25) is 0 Å². The first-order chi connectivity index (χ1) is 12.3. The van der Waals surface area contributed by atoms with Crippen molar-refractivity contribution >= 4 is 33.1 Å². The maximum Gasteiger partial charge on any atom is 0.433 e. The molecular formula is C18H15F3N2O2S. The molecule has 1 N–H and O–H groups in total. The Labute approximate surface area is 151 Å². The molecule has 0 aliphatic rings. The Hall–Kier alpha value is -2.45. The van der Waals surface area contributed by atoms with Crippen LogP contribution in [-0.4, -0.2) is 18.0 Å². The standard InChI is InChI=1S/C18H15F3N2O2S/c1-10-13-6-7-14(18(19,20)21)23-17(13)26-15(10)16(24)22-12-5-3-4-11(8-12)9-25-2/h3-8H,9H2,1-2H3,(H,22,24). The van der Waals surface area contributed by atoms with Gasteiger partial charge in [-0.25, -0.2) is 4.98 Å². The van der Waals surface area contributed by atoms with Gasteiger partial charge in [0.25, 0.3) is 5.91 Å². The zero-order valence-electron chi connectivity index (χ0n) is 14.0. The van der Waals surface area contributed by atoms with Crippen molar-refractivity contribution in [2.75, 3.05) is 12.4 Å². The van der Waals surface area contributed by atoms with E-state index in [4.69, 9.17) is 4.74 Å². The summed E-state index contributed by atoms with van der Waals surface area (Å²) < 4.78 is 43.5. The molecule has 0 unspecified atom stereocenters. The van der Waals surface area contributed by atoms with E-state index in [1.165, 1.54) is 6.07 Å². The lowest BCUT2D eigenvalue weighted by atomic mass is 10.1. The molecule has 0 spiro atoms. The predicted octanol–water partition coefficient (Wildman–Crippen LogP) is 5.02. The van der Waals surface area contributed by atoms with Crippen LogP contribution in [-0.2, 0) is 17.5 Å². The number of hydrogen-bond donors (Lipinski definition) is 1. The van der Waals surface area contributed by atoms with Gasteiger partial charge >= 0.3 is 6.18 Å². The first-order valence-electron chi connectivity index (χ1n) is 7.66. The molecule has 1 aromatic carbocycles. The number of fused-ring (bicyclic) bond motifs is 1. The molecule has 8 heteroatoms. The second-order valence-corrected chi connectivity index (χ2v) is 6.69. The summed E-state index contributed by atoms with van der Waals surface area (Å²) in [6.07, 6.45) is -4.52. The van der Waals surface area contributed by atoms with Gasteiger partial charge in [-0.05, 0) is 42.3 Å². The Bertz CT molecular complexity index is 967. The molecule has 0 aliphatic carbocycles. The van der Waals surface area contributed by atoms with Crippen LogP contribution < -0.4 is 5.32 Å². The van der Waals surface area contributed by atoms with Crippen molar-refractivity contribution in [2.45, 2.75) is 19.7 Å². The lowest BCUT2D eigenvalue weighted by Crippen LogP contribution is -2.11. The topological polar surface area (TPSA) is 51.2 Å². The first kappa shape index (κ1) is 18.3. The normalized spacial score (nSPS) is 11.7. The lowest BCUT2D eigenvalue weighted by Gasteiger charge is -2.06. The third-order valence-electron chi connectivity index (χ3n) is 3.80. The minimum Gasteiger partial charge on any atom is -0.380 e. The molecule has 2 aromatic heterocycles. The van der Waals surface area contributed by atoms with Gasteiger partial charge in [0, 0.05) is 18.2 Å². The highest BCUT2D eigenvalue weighted by atomic mass is 32.1. The number of carbonyl (C=O) groups is 1. The van der Waals surface area contributed by atoms with Crippen LogP contribution in [0.5, 0.6) is 0 Å². The number of thiophene rings is 1. The van der Waals surface area contributed by atoms with Gasteiger partial charge in [-0.2, -0.15) is 13.2 Å². The maximum absolute atomic E-state index is 12.8. The number of amides is 1. The molecule has 2 heterocycles. The summed E-state index contributed by atoms with van der Waals surface area (Å²) in [5, 5.41) is 3.31. The van der Waals surface area contributed by atoms with Crippen molar-refractivity contribution in [2.24, 2.45) is 0 Å². The largest absolute Gasteiger partial charge is 0.433 e. The molecule has 0 radical (unpaired) electrons. The molecule has 3 rings (SSSR count). The SMILES string of the molecule is COCc1cccc(NC(=O)c2sc3nc(C(F)(F)F)ccc3c2C)c1. The van der Waals surface area contributed by atoms with Crippen LogP contribution in [0.1, 0.15) is 26.5 Å². The Morgan fingerprint density at radius 3 is 2.73 bits per heavy atom. The zero-order chi connectivity index (χ0) is 18.9. The number of ether oxygens (including phenoxy) is 1. The maximum atomic E-state index is 12.8. The number of anilines is 1. The van der Waals surface area contributed by atoms with E-state index >= 15 is 0 Å². The second kappa shape index (κ2) is 7.05. The number of alkyl halides is 3. The number of aryl methyl sites for hydroxylation is 1. The highest BCUT2D eigenvalue weighted by Crippen LogP contribution is 2.34. The van der Waals surface area contributed by atoms with E-state index in [1.807, 2.05) is 6.07 Å². The average molecular weight is 380 g/mol. The van der Waals surface area contributed by atoms with Crippen molar-refractivity contribution in [3.05, 3.63) is 58.1 Å². The minimum atomic E-state index is -4.52. The van der Waals surface area contributed by atoms with E-state index in [1.54, 1.807) is 32.2 Å². The minimum absolute atomic E-state index is 0.190. The van der Waals surface area contributed by atoms with E-state index in [0.29, 0.717) is 28.1 Å². The molecule has 1 amide bonds. The number of nitrogens with zero attached hydrogens (tertiary/aromatic N) is 1. The zero-order valence-corrected chi connectivity index (χ0v) is 14.8. The smallest absolute Gasteiger partial charge is 0.380 e. The molecule has 136 valence electrons. The van der Waals surface area contributed by atoms with Gasteiger partial charge in [0.05, 0.1) is 11.5 Å². The molecule has 26 heavy (non-hydrogen) atoms. The second-order valence-electron chi connectivity index (χ2n) is 5.69. The summed E-state index contributed by atoms with van der Waals surface area (Å²) in [4.78, 5) is 16.8. The van der Waals surface area contributed by atoms with E-state index in [9.17, 15) is 18.0 Å². The number of pyridine rings is 1. The van der Waals surface area contributed by atoms with Gasteiger partial charge in [-0.3, -0.25) is 4.79 Å². The fourth-order valence-electron chi connectivity index (χ4n) is 2.57. The fraction of sp³-hybridized carbons (Fsp3) is 0.222. The van der Waals surface area contributed by atoms with Crippen molar-refractivity contribution in [1.82, 2.24) is 4.98 Å². The summed E-state index contributed by atoms with van der Waals surface area (Å²) in [5.74, 6) is -0.381. The van der Waals surface area contributed by atoms with Crippen LogP contribution in [0.15, 0.2) is 36.4 Å². The Morgan fingerprint density at radius 2 is 2.04 bits per heavy atom. The molecule has 0 saturated heterocycles. The summed E-state index contributed by atoms with van der Waals surface area (Å²) in [6, 6.07) is 9.46. The van der Waals surface area contributed by atoms with E-state index in [-0.39, 0.29) is 10.7 Å². The third kappa shape index (κ3) is 3.71. The predicted molar refractivity (Wildman–Crippen MR) is 94.5 cm³/mol. The lowest BCUT2D eigenvalue weighted by molar-refractivity contribution is -0.140. The number of rotatable bonds is 4. The Kier molecular flexibility index (Phi) is 4.97. The average Bonchev–Trinajstić information content (AvgIpc) is 2.91. The number of methoxy groups -OCH3 is 1. The summed E-state index contributed by atoms with van der Waals surface area (Å²) >= 11 is 0.948. The quantitative estimate of drug-likeness (QED) is 0.691. The molecule has 0 fully saturated rings. The van der Waals surface area contributed by atoms with Gasteiger partial charge < -0.3 is 10.1 Å². The van der Waals surface area contributed by atoms with Crippen LogP contribution in [0.3, 0.4) is 0 Å². The fourth-order valence-corrected chi connectivity index (χ4v) is 3.64. The van der Waals surface area contributed by atoms with Crippen LogP contribution in [0.4, 0.5) is 18.9 Å². The molecular weight excluding hydrogens is 365 g/mol. The van der Waals surface area contributed by atoms with Crippen LogP contribution in [0, 0.1) is 6.92 Å². The van der Waals surface area contributed by atoms with E-state index < -0.39 is 11.9 Å². The Balaban J connectivity index is 1.91. The molecule has 3 aromatic rings. The van der Waals surface area contributed by atoms with Crippen molar-refractivity contribution < 1.29 is 22.7 Å². The number of aromatic nitrogens is 1. The summed E-state index contributed by atoms with van der Waals surface area (Å²) in [7, 11) is 1.58. The molecule has 0 saturated carbocycles. The molecule has 0 aliphatic heterocycles.